The van der Waals surface area contributed by atoms with Crippen molar-refractivity contribution in [2.24, 2.45) is 5.92 Å². The molecule has 2 saturated heterocycles. The fourth-order valence-corrected chi connectivity index (χ4v) is 4.80. The van der Waals surface area contributed by atoms with Gasteiger partial charge in [0, 0.05) is 58.8 Å². The summed E-state index contributed by atoms with van der Waals surface area (Å²) in [6, 6.07) is 11.9. The summed E-state index contributed by atoms with van der Waals surface area (Å²) in [6.45, 7) is 7.15. The molecule has 0 saturated carbocycles. The zero-order valence-electron chi connectivity index (χ0n) is 20.1. The molecule has 2 aromatic rings. The third kappa shape index (κ3) is 5.86. The molecule has 1 aromatic carbocycles. The summed E-state index contributed by atoms with van der Waals surface area (Å²) < 4.78 is 5.19. The van der Waals surface area contributed by atoms with Crippen LogP contribution in [0, 0.1) is 12.8 Å². The molecule has 8 nitrogen and oxygen atoms in total. The summed E-state index contributed by atoms with van der Waals surface area (Å²) in [5.41, 5.74) is 2.55. The Labute approximate surface area is 201 Å². The number of carbonyl (C=O) groups is 3. The molecule has 0 unspecified atom stereocenters. The molecule has 8 heteroatoms. The molecular weight excluding hydrogens is 432 g/mol. The van der Waals surface area contributed by atoms with Crippen LogP contribution in [0.5, 0.6) is 0 Å². The SMILES string of the molecule is Cc1cccc(CN2CCN(C(=O)CN(C)C(=O)C3CCN(C(=O)c4ccco4)CC3)CC2)c1. The van der Waals surface area contributed by atoms with E-state index in [-0.39, 0.29) is 30.2 Å². The van der Waals surface area contributed by atoms with Crippen LogP contribution in [0.25, 0.3) is 0 Å². The average molecular weight is 467 g/mol. The van der Waals surface area contributed by atoms with Crippen molar-refractivity contribution in [1.29, 1.82) is 0 Å². The van der Waals surface area contributed by atoms with Crippen molar-refractivity contribution in [3.63, 3.8) is 0 Å². The van der Waals surface area contributed by atoms with Crippen molar-refractivity contribution in [2.45, 2.75) is 26.3 Å². The van der Waals surface area contributed by atoms with Crippen molar-refractivity contribution in [3.05, 3.63) is 59.5 Å². The third-order valence-electron chi connectivity index (χ3n) is 6.83. The minimum absolute atomic E-state index is 0.00325. The van der Waals surface area contributed by atoms with Crippen LogP contribution < -0.4 is 0 Å². The number of furan rings is 1. The lowest BCUT2D eigenvalue weighted by atomic mass is 9.95. The fourth-order valence-electron chi connectivity index (χ4n) is 4.80. The van der Waals surface area contributed by atoms with Gasteiger partial charge in [-0.15, -0.1) is 0 Å². The fraction of sp³-hybridized carbons (Fsp3) is 0.500. The predicted molar refractivity (Wildman–Crippen MR) is 128 cm³/mol. The summed E-state index contributed by atoms with van der Waals surface area (Å²) in [4.78, 5) is 45.7. The van der Waals surface area contributed by atoms with E-state index in [1.807, 2.05) is 4.90 Å². The first-order valence-corrected chi connectivity index (χ1v) is 12.0. The van der Waals surface area contributed by atoms with Crippen molar-refractivity contribution in [1.82, 2.24) is 19.6 Å². The van der Waals surface area contributed by atoms with Crippen LogP contribution in [-0.2, 0) is 16.1 Å². The number of piperazine rings is 1. The Morgan fingerprint density at radius 1 is 0.971 bits per heavy atom. The highest BCUT2D eigenvalue weighted by Gasteiger charge is 2.31. The highest BCUT2D eigenvalue weighted by Crippen LogP contribution is 2.21. The van der Waals surface area contributed by atoms with E-state index in [9.17, 15) is 14.4 Å². The molecule has 4 rings (SSSR count). The average Bonchev–Trinajstić information content (AvgIpc) is 3.39. The molecule has 0 spiro atoms. The summed E-state index contributed by atoms with van der Waals surface area (Å²) in [7, 11) is 1.70. The second-order valence-electron chi connectivity index (χ2n) is 9.38. The molecule has 34 heavy (non-hydrogen) atoms. The zero-order valence-corrected chi connectivity index (χ0v) is 20.1. The van der Waals surface area contributed by atoms with Crippen molar-refractivity contribution in [2.75, 3.05) is 52.9 Å². The van der Waals surface area contributed by atoms with Crippen LogP contribution in [0.15, 0.2) is 47.1 Å². The van der Waals surface area contributed by atoms with Gasteiger partial charge < -0.3 is 19.1 Å². The normalized spacial score (nSPS) is 17.6. The molecule has 2 aliphatic heterocycles. The molecule has 0 radical (unpaired) electrons. The molecule has 0 aliphatic carbocycles. The van der Waals surface area contributed by atoms with Gasteiger partial charge in [0.15, 0.2) is 5.76 Å². The molecule has 3 heterocycles. The molecule has 182 valence electrons. The number of hydrogen-bond acceptors (Lipinski definition) is 5. The van der Waals surface area contributed by atoms with E-state index in [0.717, 1.165) is 19.6 Å². The van der Waals surface area contributed by atoms with Crippen LogP contribution in [0.1, 0.15) is 34.5 Å². The number of carbonyl (C=O) groups excluding carboxylic acids is 3. The summed E-state index contributed by atoms with van der Waals surface area (Å²) in [6.07, 6.45) is 2.68. The van der Waals surface area contributed by atoms with Gasteiger partial charge in [0.05, 0.1) is 12.8 Å². The second-order valence-corrected chi connectivity index (χ2v) is 9.38. The van der Waals surface area contributed by atoms with Crippen LogP contribution in [0.3, 0.4) is 0 Å². The monoisotopic (exact) mass is 466 g/mol. The smallest absolute Gasteiger partial charge is 0.289 e. The van der Waals surface area contributed by atoms with Crippen LogP contribution in [-0.4, -0.2) is 90.2 Å². The topological polar surface area (TPSA) is 77.3 Å². The van der Waals surface area contributed by atoms with Gasteiger partial charge in [-0.3, -0.25) is 19.3 Å². The molecule has 0 N–H and O–H groups in total. The molecule has 0 bridgehead atoms. The van der Waals surface area contributed by atoms with Crippen LogP contribution >= 0.6 is 0 Å². The number of benzene rings is 1. The van der Waals surface area contributed by atoms with Gasteiger partial charge in [-0.05, 0) is 37.5 Å². The number of likely N-dealkylation sites (N-methyl/N-ethyl adjacent to an activating group) is 1. The van der Waals surface area contributed by atoms with Crippen molar-refractivity contribution < 1.29 is 18.8 Å². The van der Waals surface area contributed by atoms with Gasteiger partial charge >= 0.3 is 0 Å². The van der Waals surface area contributed by atoms with E-state index in [0.29, 0.717) is 44.8 Å². The molecule has 3 amide bonds. The highest BCUT2D eigenvalue weighted by molar-refractivity contribution is 5.92. The Kier molecular flexibility index (Phi) is 7.67. The lowest BCUT2D eigenvalue weighted by Gasteiger charge is -2.36. The Hall–Kier alpha value is -3.13. The second kappa shape index (κ2) is 10.9. The molecular formula is C26H34N4O4. The van der Waals surface area contributed by atoms with Gasteiger partial charge in [0.2, 0.25) is 11.8 Å². The Bertz CT molecular complexity index is 990. The van der Waals surface area contributed by atoms with Gasteiger partial charge in [0.25, 0.3) is 5.91 Å². The first kappa shape index (κ1) is 24.0. The standard InChI is InChI=1S/C26H34N4O4/c1-20-5-3-6-21(17-20)18-28-12-14-29(15-13-28)24(31)19-27(2)25(32)22-8-10-30(11-9-22)26(33)23-7-4-16-34-23/h3-7,16-17,22H,8-15,18-19H2,1-2H3. The summed E-state index contributed by atoms with van der Waals surface area (Å²) >= 11 is 0. The van der Waals surface area contributed by atoms with Crippen LogP contribution in [0.4, 0.5) is 0 Å². The lowest BCUT2D eigenvalue weighted by Crippen LogP contribution is -2.51. The Morgan fingerprint density at radius 2 is 1.71 bits per heavy atom. The van der Waals surface area contributed by atoms with E-state index >= 15 is 0 Å². The summed E-state index contributed by atoms with van der Waals surface area (Å²) in [5.74, 6) is 0.00471. The molecule has 0 atom stereocenters. The Morgan fingerprint density at radius 3 is 2.35 bits per heavy atom. The number of rotatable bonds is 6. The maximum atomic E-state index is 12.9. The molecule has 2 aliphatic rings. The Balaban J connectivity index is 1.19. The van der Waals surface area contributed by atoms with Gasteiger partial charge in [-0.2, -0.15) is 0 Å². The van der Waals surface area contributed by atoms with Crippen molar-refractivity contribution in [3.8, 4) is 0 Å². The highest BCUT2D eigenvalue weighted by atomic mass is 16.3. The number of likely N-dealkylation sites (tertiary alicyclic amines) is 1. The predicted octanol–water partition coefficient (Wildman–Crippen LogP) is 2.24. The van der Waals surface area contributed by atoms with E-state index in [2.05, 4.69) is 36.1 Å². The summed E-state index contributed by atoms with van der Waals surface area (Å²) in [5, 5.41) is 0. The van der Waals surface area contributed by atoms with E-state index in [1.54, 1.807) is 29.0 Å². The number of aryl methyl sites for hydroxylation is 1. The lowest BCUT2D eigenvalue weighted by molar-refractivity contribution is -0.143. The van der Waals surface area contributed by atoms with E-state index in [4.69, 9.17) is 4.42 Å². The number of nitrogens with zero attached hydrogens (tertiary/aromatic N) is 4. The largest absolute Gasteiger partial charge is 0.459 e. The van der Waals surface area contributed by atoms with Crippen molar-refractivity contribution >= 4 is 17.7 Å². The maximum absolute atomic E-state index is 12.9. The zero-order chi connectivity index (χ0) is 24.1. The first-order chi connectivity index (χ1) is 16.4. The van der Waals surface area contributed by atoms with E-state index in [1.165, 1.54) is 17.4 Å². The number of hydrogen-bond donors (Lipinski definition) is 0. The van der Waals surface area contributed by atoms with E-state index < -0.39 is 0 Å². The minimum atomic E-state index is -0.162. The number of piperidine rings is 1. The molecule has 2 fully saturated rings. The third-order valence-corrected chi connectivity index (χ3v) is 6.83. The number of amides is 3. The van der Waals surface area contributed by atoms with Crippen LogP contribution in [0.2, 0.25) is 0 Å². The first-order valence-electron chi connectivity index (χ1n) is 12.0. The minimum Gasteiger partial charge on any atom is -0.459 e. The molecule has 1 aromatic heterocycles. The quantitative estimate of drug-likeness (QED) is 0.653. The van der Waals surface area contributed by atoms with Gasteiger partial charge in [-0.25, -0.2) is 0 Å². The van der Waals surface area contributed by atoms with Gasteiger partial charge in [-0.1, -0.05) is 29.8 Å². The maximum Gasteiger partial charge on any atom is 0.289 e. The van der Waals surface area contributed by atoms with Gasteiger partial charge in [0.1, 0.15) is 0 Å².